The molecule has 0 radical (unpaired) electrons. The third-order valence-corrected chi connectivity index (χ3v) is 4.40. The second kappa shape index (κ2) is 5.47. The van der Waals surface area contributed by atoms with Crippen LogP contribution in [0.1, 0.15) is 17.9 Å². The molecule has 0 aliphatic carbocycles. The molecule has 4 heteroatoms. The van der Waals surface area contributed by atoms with E-state index in [0.29, 0.717) is 0 Å². The molecular weight excluding hydrogens is 302 g/mol. The second-order valence-electron chi connectivity index (χ2n) is 5.20. The molecule has 0 spiro atoms. The lowest BCUT2D eigenvalue weighted by molar-refractivity contribution is 0.564. The van der Waals surface area contributed by atoms with Crippen LogP contribution in [0.5, 0.6) is 0 Å². The molecule has 0 amide bonds. The number of hydrogen-bond acceptors (Lipinski definition) is 2. The van der Waals surface area contributed by atoms with Crippen molar-refractivity contribution in [1.29, 1.82) is 0 Å². The summed E-state index contributed by atoms with van der Waals surface area (Å²) < 4.78 is 1.10. The molecular formula is C15H18BrN3. The second-order valence-corrected chi connectivity index (χ2v) is 6.05. The van der Waals surface area contributed by atoms with Gasteiger partial charge in [-0.3, -0.25) is 0 Å². The van der Waals surface area contributed by atoms with Gasteiger partial charge in [-0.15, -0.1) is 0 Å². The molecule has 1 unspecified atom stereocenters. The Kier molecular flexibility index (Phi) is 3.71. The summed E-state index contributed by atoms with van der Waals surface area (Å²) in [7, 11) is 0. The van der Waals surface area contributed by atoms with Crippen molar-refractivity contribution in [2.75, 3.05) is 13.1 Å². The van der Waals surface area contributed by atoms with Gasteiger partial charge in [0.05, 0.1) is 5.69 Å². The average Bonchev–Trinajstić information content (AvgIpc) is 3.01. The molecule has 0 bridgehead atoms. The normalized spacial score (nSPS) is 18.9. The van der Waals surface area contributed by atoms with Gasteiger partial charge in [0.25, 0.3) is 0 Å². The quantitative estimate of drug-likeness (QED) is 0.911. The fourth-order valence-electron chi connectivity index (χ4n) is 2.70. The summed E-state index contributed by atoms with van der Waals surface area (Å²) in [6.45, 7) is 4.35. The zero-order valence-corrected chi connectivity index (χ0v) is 12.6. The average molecular weight is 320 g/mol. The number of aromatic amines is 1. The highest BCUT2D eigenvalue weighted by Crippen LogP contribution is 2.29. The minimum atomic E-state index is 0.720. The fraction of sp³-hybridized carbons (Fsp3) is 0.400. The van der Waals surface area contributed by atoms with E-state index in [0.717, 1.165) is 52.7 Å². The Morgan fingerprint density at radius 3 is 2.95 bits per heavy atom. The summed E-state index contributed by atoms with van der Waals surface area (Å²) in [5.41, 5.74) is 3.37. The maximum Gasteiger partial charge on any atom is 0.107 e. The molecule has 2 N–H and O–H groups in total. The van der Waals surface area contributed by atoms with Crippen molar-refractivity contribution < 1.29 is 0 Å². The fourth-order valence-corrected chi connectivity index (χ4v) is 3.17. The van der Waals surface area contributed by atoms with Gasteiger partial charge in [0.15, 0.2) is 0 Å². The van der Waals surface area contributed by atoms with Gasteiger partial charge in [-0.25, -0.2) is 4.98 Å². The Labute approximate surface area is 122 Å². The molecule has 19 heavy (non-hydrogen) atoms. The molecule has 0 saturated carbocycles. The lowest BCUT2D eigenvalue weighted by Gasteiger charge is -2.04. The third kappa shape index (κ3) is 2.74. The van der Waals surface area contributed by atoms with Crippen LogP contribution in [-0.4, -0.2) is 23.1 Å². The molecule has 1 aromatic heterocycles. The first-order valence-electron chi connectivity index (χ1n) is 6.75. The van der Waals surface area contributed by atoms with Crippen LogP contribution in [0.25, 0.3) is 11.3 Å². The predicted octanol–water partition coefficient (Wildman–Crippen LogP) is 3.30. The number of benzene rings is 1. The third-order valence-electron chi connectivity index (χ3n) is 3.71. The Balaban J connectivity index is 1.87. The van der Waals surface area contributed by atoms with Gasteiger partial charge in [-0.2, -0.15) is 0 Å². The first-order chi connectivity index (χ1) is 9.24. The van der Waals surface area contributed by atoms with Crippen molar-refractivity contribution in [2.24, 2.45) is 5.92 Å². The number of rotatable bonds is 3. The van der Waals surface area contributed by atoms with E-state index in [1.807, 2.05) is 6.07 Å². The van der Waals surface area contributed by atoms with Crippen LogP contribution in [0.15, 0.2) is 28.7 Å². The zero-order valence-electron chi connectivity index (χ0n) is 11.0. The summed E-state index contributed by atoms with van der Waals surface area (Å²) in [6, 6.07) is 8.24. The molecule has 1 aliphatic rings. The van der Waals surface area contributed by atoms with Crippen LogP contribution < -0.4 is 5.32 Å². The Morgan fingerprint density at radius 2 is 2.21 bits per heavy atom. The maximum absolute atomic E-state index is 4.79. The van der Waals surface area contributed by atoms with E-state index >= 15 is 0 Å². The minimum absolute atomic E-state index is 0.720. The monoisotopic (exact) mass is 319 g/mol. The van der Waals surface area contributed by atoms with Gasteiger partial charge < -0.3 is 10.3 Å². The number of aryl methyl sites for hydroxylation is 1. The number of H-pyrrole nitrogens is 1. The summed E-state index contributed by atoms with van der Waals surface area (Å²) in [4.78, 5) is 8.23. The van der Waals surface area contributed by atoms with Gasteiger partial charge in [-0.05, 0) is 38.4 Å². The lowest BCUT2D eigenvalue weighted by Crippen LogP contribution is -2.11. The van der Waals surface area contributed by atoms with E-state index in [2.05, 4.69) is 51.4 Å². The van der Waals surface area contributed by atoms with E-state index in [9.17, 15) is 0 Å². The topological polar surface area (TPSA) is 40.7 Å². The van der Waals surface area contributed by atoms with E-state index in [4.69, 9.17) is 4.98 Å². The lowest BCUT2D eigenvalue weighted by atomic mass is 10.1. The van der Waals surface area contributed by atoms with Crippen molar-refractivity contribution in [3.8, 4) is 11.3 Å². The number of nitrogens with zero attached hydrogens (tertiary/aromatic N) is 1. The van der Waals surface area contributed by atoms with Crippen LogP contribution >= 0.6 is 15.9 Å². The number of imidazole rings is 1. The Morgan fingerprint density at radius 1 is 1.37 bits per heavy atom. The van der Waals surface area contributed by atoms with Crippen molar-refractivity contribution in [1.82, 2.24) is 15.3 Å². The maximum atomic E-state index is 4.79. The molecule has 2 aromatic rings. The number of aromatic nitrogens is 2. The number of halogens is 1. The standard InChI is InChI=1S/C15H18BrN3/c1-10-15(12-4-2-3-5-13(12)16)19-14(18-10)8-11-6-7-17-9-11/h2-5,11,17H,6-9H2,1H3,(H,18,19). The summed E-state index contributed by atoms with van der Waals surface area (Å²) in [5.74, 6) is 1.83. The summed E-state index contributed by atoms with van der Waals surface area (Å²) in [6.07, 6.45) is 2.29. The smallest absolute Gasteiger partial charge is 0.107 e. The van der Waals surface area contributed by atoms with E-state index in [-0.39, 0.29) is 0 Å². The Hall–Kier alpha value is -1.13. The number of hydrogen-bond donors (Lipinski definition) is 2. The van der Waals surface area contributed by atoms with Gasteiger partial charge in [0.2, 0.25) is 0 Å². The van der Waals surface area contributed by atoms with Crippen LogP contribution in [-0.2, 0) is 6.42 Å². The van der Waals surface area contributed by atoms with E-state index < -0.39 is 0 Å². The van der Waals surface area contributed by atoms with Gasteiger partial charge in [-0.1, -0.05) is 34.1 Å². The highest BCUT2D eigenvalue weighted by molar-refractivity contribution is 9.10. The first kappa shape index (κ1) is 12.9. The van der Waals surface area contributed by atoms with Crippen LogP contribution in [0.4, 0.5) is 0 Å². The van der Waals surface area contributed by atoms with E-state index in [1.165, 1.54) is 6.42 Å². The highest BCUT2D eigenvalue weighted by atomic mass is 79.9. The van der Waals surface area contributed by atoms with E-state index in [1.54, 1.807) is 0 Å². The molecule has 3 nitrogen and oxygen atoms in total. The largest absolute Gasteiger partial charge is 0.346 e. The van der Waals surface area contributed by atoms with Crippen molar-refractivity contribution in [2.45, 2.75) is 19.8 Å². The first-order valence-corrected chi connectivity index (χ1v) is 7.54. The molecule has 1 fully saturated rings. The zero-order chi connectivity index (χ0) is 13.2. The van der Waals surface area contributed by atoms with Crippen LogP contribution in [0, 0.1) is 12.8 Å². The number of nitrogens with one attached hydrogen (secondary N) is 2. The van der Waals surface area contributed by atoms with Crippen molar-refractivity contribution in [3.63, 3.8) is 0 Å². The molecule has 1 aromatic carbocycles. The Bertz CT molecular complexity index is 571. The molecule has 2 heterocycles. The molecule has 100 valence electrons. The summed E-state index contributed by atoms with van der Waals surface area (Å²) in [5, 5.41) is 3.41. The minimum Gasteiger partial charge on any atom is -0.346 e. The van der Waals surface area contributed by atoms with Crippen molar-refractivity contribution >= 4 is 15.9 Å². The van der Waals surface area contributed by atoms with Gasteiger partial charge in [0.1, 0.15) is 5.82 Å². The molecule has 1 atom stereocenters. The summed E-state index contributed by atoms with van der Waals surface area (Å²) >= 11 is 3.60. The van der Waals surface area contributed by atoms with Crippen LogP contribution in [0.2, 0.25) is 0 Å². The van der Waals surface area contributed by atoms with Crippen LogP contribution in [0.3, 0.4) is 0 Å². The van der Waals surface area contributed by atoms with Gasteiger partial charge in [0, 0.05) is 22.2 Å². The van der Waals surface area contributed by atoms with Crippen molar-refractivity contribution in [3.05, 3.63) is 40.3 Å². The molecule has 1 saturated heterocycles. The molecule has 3 rings (SSSR count). The highest BCUT2D eigenvalue weighted by Gasteiger charge is 2.18. The SMILES string of the molecule is Cc1[nH]c(CC2CCNC2)nc1-c1ccccc1Br. The predicted molar refractivity (Wildman–Crippen MR) is 81.1 cm³/mol. The molecule has 1 aliphatic heterocycles. The van der Waals surface area contributed by atoms with Gasteiger partial charge >= 0.3 is 0 Å².